The smallest absolute Gasteiger partial charge is 0.234 e. The second-order valence-electron chi connectivity index (χ2n) is 8.31. The number of rotatable bonds is 4. The quantitative estimate of drug-likeness (QED) is 0.588. The van der Waals surface area contributed by atoms with Crippen LogP contribution in [0.3, 0.4) is 0 Å². The van der Waals surface area contributed by atoms with Gasteiger partial charge in [0.05, 0.1) is 12.6 Å². The Morgan fingerprint density at radius 2 is 1.69 bits per heavy atom. The molecule has 0 saturated carbocycles. The summed E-state index contributed by atoms with van der Waals surface area (Å²) in [5.41, 5.74) is 3.61. The van der Waals surface area contributed by atoms with E-state index in [1.54, 1.807) is 11.8 Å². The van der Waals surface area contributed by atoms with Gasteiger partial charge in [-0.2, -0.15) is 0 Å². The lowest BCUT2D eigenvalue weighted by molar-refractivity contribution is -0.123. The summed E-state index contributed by atoms with van der Waals surface area (Å²) in [4.78, 5) is 20.1. The van der Waals surface area contributed by atoms with E-state index in [0.29, 0.717) is 6.54 Å². The molecule has 1 atom stereocenters. The summed E-state index contributed by atoms with van der Waals surface area (Å²) in [7, 11) is 0. The third kappa shape index (κ3) is 4.80. The molecule has 2 aliphatic rings. The average Bonchev–Trinajstić information content (AvgIpc) is 2.96. The van der Waals surface area contributed by atoms with E-state index in [9.17, 15) is 4.79 Å². The van der Waals surface area contributed by atoms with E-state index in [1.807, 2.05) is 24.3 Å². The van der Waals surface area contributed by atoms with Crippen LogP contribution in [-0.2, 0) is 11.2 Å². The first-order valence-corrected chi connectivity index (χ1v) is 12.2. The van der Waals surface area contributed by atoms with Gasteiger partial charge in [0.2, 0.25) is 5.91 Å². The van der Waals surface area contributed by atoms with Crippen molar-refractivity contribution in [1.29, 1.82) is 0 Å². The highest BCUT2D eigenvalue weighted by Gasteiger charge is 2.25. The van der Waals surface area contributed by atoms with Crippen LogP contribution in [0.25, 0.3) is 0 Å². The summed E-state index contributed by atoms with van der Waals surface area (Å²) < 4.78 is 0. The summed E-state index contributed by atoms with van der Waals surface area (Å²) in [6, 6.07) is 24.8. The van der Waals surface area contributed by atoms with Gasteiger partial charge in [0.15, 0.2) is 0 Å². The van der Waals surface area contributed by atoms with Crippen molar-refractivity contribution in [3.8, 4) is 0 Å². The number of halogens is 1. The maximum absolute atomic E-state index is 13.0. The van der Waals surface area contributed by atoms with Crippen molar-refractivity contribution >= 4 is 35.0 Å². The van der Waals surface area contributed by atoms with Crippen molar-refractivity contribution in [2.45, 2.75) is 22.3 Å². The summed E-state index contributed by atoms with van der Waals surface area (Å²) in [6.45, 7) is 4.07. The van der Waals surface area contributed by atoms with E-state index in [-0.39, 0.29) is 11.9 Å². The highest BCUT2D eigenvalue weighted by molar-refractivity contribution is 7.99. The standard InChI is InChI=1S/C26H26ClN3OS/c27-20-10-11-24-19(16-20)17-23(22-8-4-5-9-25(22)32-24)28-26(31)18-29-12-14-30(15-13-29)21-6-2-1-3-7-21/h1-11,16,23H,12-15,17-18H2,(H,28,31)/t23-/m1/s1. The third-order valence-corrected chi connectivity index (χ3v) is 7.60. The van der Waals surface area contributed by atoms with Gasteiger partial charge in [-0.1, -0.05) is 59.8 Å². The fraction of sp³-hybridized carbons (Fsp3) is 0.269. The number of piperazine rings is 1. The van der Waals surface area contributed by atoms with Gasteiger partial charge in [0.1, 0.15) is 0 Å². The van der Waals surface area contributed by atoms with Crippen molar-refractivity contribution in [3.05, 3.63) is 88.9 Å². The Hall–Kier alpha value is -2.47. The average molecular weight is 464 g/mol. The van der Waals surface area contributed by atoms with Crippen molar-refractivity contribution in [2.75, 3.05) is 37.6 Å². The lowest BCUT2D eigenvalue weighted by Gasteiger charge is -2.36. The van der Waals surface area contributed by atoms with Crippen LogP contribution in [0.5, 0.6) is 0 Å². The summed E-state index contributed by atoms with van der Waals surface area (Å²) in [5.74, 6) is 0.0773. The van der Waals surface area contributed by atoms with Gasteiger partial charge in [-0.25, -0.2) is 0 Å². The maximum Gasteiger partial charge on any atom is 0.234 e. The zero-order valence-electron chi connectivity index (χ0n) is 17.8. The minimum Gasteiger partial charge on any atom is -0.369 e. The van der Waals surface area contributed by atoms with Gasteiger partial charge >= 0.3 is 0 Å². The van der Waals surface area contributed by atoms with E-state index in [0.717, 1.165) is 37.6 Å². The number of hydrogen-bond acceptors (Lipinski definition) is 4. The van der Waals surface area contributed by atoms with Crippen molar-refractivity contribution < 1.29 is 4.79 Å². The predicted molar refractivity (Wildman–Crippen MR) is 132 cm³/mol. The van der Waals surface area contributed by atoms with Crippen molar-refractivity contribution in [3.63, 3.8) is 0 Å². The largest absolute Gasteiger partial charge is 0.369 e. The number of para-hydroxylation sites is 1. The summed E-state index contributed by atoms with van der Waals surface area (Å²) >= 11 is 8.02. The Bertz CT molecular complexity index is 1100. The highest BCUT2D eigenvalue weighted by atomic mass is 35.5. The predicted octanol–water partition coefficient (Wildman–Crippen LogP) is 5.03. The molecule has 1 fully saturated rings. The van der Waals surface area contributed by atoms with Crippen LogP contribution in [0, 0.1) is 0 Å². The number of nitrogens with zero attached hydrogens (tertiary/aromatic N) is 2. The van der Waals surface area contributed by atoms with Gasteiger partial charge < -0.3 is 10.2 Å². The molecule has 1 saturated heterocycles. The van der Waals surface area contributed by atoms with E-state index < -0.39 is 0 Å². The first-order valence-electron chi connectivity index (χ1n) is 11.0. The summed E-state index contributed by atoms with van der Waals surface area (Å²) in [6.07, 6.45) is 0.743. The lowest BCUT2D eigenvalue weighted by Crippen LogP contribution is -2.50. The molecule has 1 amide bonds. The van der Waals surface area contributed by atoms with Crippen molar-refractivity contribution in [1.82, 2.24) is 10.2 Å². The number of amides is 1. The second kappa shape index (κ2) is 9.57. The van der Waals surface area contributed by atoms with Gasteiger partial charge in [-0.05, 0) is 53.9 Å². The minimum atomic E-state index is -0.0588. The van der Waals surface area contributed by atoms with E-state index in [2.05, 4.69) is 63.6 Å². The molecule has 1 N–H and O–H groups in total. The molecule has 0 aromatic heterocycles. The molecule has 32 heavy (non-hydrogen) atoms. The zero-order valence-corrected chi connectivity index (χ0v) is 19.4. The van der Waals surface area contributed by atoms with Crippen LogP contribution in [-0.4, -0.2) is 43.5 Å². The number of nitrogens with one attached hydrogen (secondary N) is 1. The first-order chi connectivity index (χ1) is 15.7. The Labute approximate surface area is 198 Å². The molecule has 0 unspecified atom stereocenters. The molecule has 164 valence electrons. The molecule has 2 aliphatic heterocycles. The number of benzene rings is 3. The van der Waals surface area contributed by atoms with Crippen LogP contribution in [0.2, 0.25) is 5.02 Å². The molecule has 0 radical (unpaired) electrons. The molecule has 0 bridgehead atoms. The number of carbonyl (C=O) groups excluding carboxylic acids is 1. The Kier molecular flexibility index (Phi) is 6.39. The molecule has 2 heterocycles. The fourth-order valence-electron chi connectivity index (χ4n) is 4.49. The molecular formula is C26H26ClN3OS. The molecule has 4 nitrogen and oxygen atoms in total. The molecular weight excluding hydrogens is 438 g/mol. The monoisotopic (exact) mass is 463 g/mol. The van der Waals surface area contributed by atoms with E-state index >= 15 is 0 Å². The van der Waals surface area contributed by atoms with Gasteiger partial charge in [-0.15, -0.1) is 0 Å². The third-order valence-electron chi connectivity index (χ3n) is 6.16. The number of carbonyl (C=O) groups is 1. The molecule has 5 rings (SSSR count). The normalized spacial score (nSPS) is 18.4. The molecule has 3 aromatic rings. The summed E-state index contributed by atoms with van der Waals surface area (Å²) in [5, 5.41) is 4.05. The van der Waals surface area contributed by atoms with E-state index in [4.69, 9.17) is 11.6 Å². The molecule has 6 heteroatoms. The highest BCUT2D eigenvalue weighted by Crippen LogP contribution is 2.41. The number of hydrogen-bond donors (Lipinski definition) is 1. The van der Waals surface area contributed by atoms with E-state index in [1.165, 1.54) is 26.6 Å². The fourth-order valence-corrected chi connectivity index (χ4v) is 5.81. The Morgan fingerprint density at radius 1 is 0.938 bits per heavy atom. The Balaban J connectivity index is 1.25. The molecule has 3 aromatic carbocycles. The molecule has 0 spiro atoms. The van der Waals surface area contributed by atoms with Crippen LogP contribution in [0.1, 0.15) is 17.2 Å². The zero-order chi connectivity index (χ0) is 21.9. The van der Waals surface area contributed by atoms with Crippen LogP contribution in [0.4, 0.5) is 5.69 Å². The van der Waals surface area contributed by atoms with Gasteiger partial charge in [0.25, 0.3) is 0 Å². The molecule has 0 aliphatic carbocycles. The van der Waals surface area contributed by atoms with Gasteiger partial charge in [0, 0.05) is 46.7 Å². The lowest BCUT2D eigenvalue weighted by atomic mass is 9.99. The second-order valence-corrected chi connectivity index (χ2v) is 9.84. The first kappa shape index (κ1) is 21.4. The van der Waals surface area contributed by atoms with Crippen LogP contribution in [0.15, 0.2) is 82.6 Å². The minimum absolute atomic E-state index is 0.0588. The van der Waals surface area contributed by atoms with Crippen molar-refractivity contribution in [2.24, 2.45) is 0 Å². The number of fused-ring (bicyclic) bond motifs is 2. The number of anilines is 1. The Morgan fingerprint density at radius 3 is 2.50 bits per heavy atom. The topological polar surface area (TPSA) is 35.6 Å². The maximum atomic E-state index is 13.0. The SMILES string of the molecule is O=C(CN1CCN(c2ccccc2)CC1)N[C@@H]1Cc2cc(Cl)ccc2Sc2ccccc21. The van der Waals surface area contributed by atoms with Crippen LogP contribution >= 0.6 is 23.4 Å². The van der Waals surface area contributed by atoms with Crippen LogP contribution < -0.4 is 10.2 Å². The van der Waals surface area contributed by atoms with Gasteiger partial charge in [-0.3, -0.25) is 9.69 Å².